The van der Waals surface area contributed by atoms with Crippen molar-refractivity contribution < 1.29 is 18.8 Å². The Morgan fingerprint density at radius 1 is 1.18 bits per heavy atom. The highest BCUT2D eigenvalue weighted by Crippen LogP contribution is 2.36. The third kappa shape index (κ3) is 7.57. The number of halogens is 1. The van der Waals surface area contributed by atoms with Gasteiger partial charge in [-0.2, -0.15) is 4.98 Å². The Labute approximate surface area is 228 Å². The highest BCUT2D eigenvalue weighted by atomic mass is 35.5. The molecule has 3 aromatic rings. The summed E-state index contributed by atoms with van der Waals surface area (Å²) in [5.41, 5.74) is 0.554. The van der Waals surface area contributed by atoms with Crippen LogP contribution in [0.2, 0.25) is 5.02 Å². The summed E-state index contributed by atoms with van der Waals surface area (Å²) in [6, 6.07) is 17.2. The molecular weight excluding hydrogens is 504 g/mol. The molecule has 1 saturated heterocycles. The summed E-state index contributed by atoms with van der Waals surface area (Å²) in [6.07, 6.45) is 3.22. The number of carbonyl (C=O) groups excluding carboxylic acids is 2. The largest absolute Gasteiger partial charge is 0.493 e. The quantitative estimate of drug-likeness (QED) is 0.343. The van der Waals surface area contributed by atoms with Crippen molar-refractivity contribution in [3.63, 3.8) is 0 Å². The molecule has 1 fully saturated rings. The first-order valence-corrected chi connectivity index (χ1v) is 13.5. The summed E-state index contributed by atoms with van der Waals surface area (Å²) >= 11 is 6.15. The molecule has 0 aliphatic carbocycles. The Morgan fingerprint density at radius 2 is 2.00 bits per heavy atom. The molecule has 38 heavy (non-hydrogen) atoms. The fourth-order valence-electron chi connectivity index (χ4n) is 4.84. The predicted molar refractivity (Wildman–Crippen MR) is 145 cm³/mol. The average Bonchev–Trinajstić information content (AvgIpc) is 3.39. The second-order valence-electron chi connectivity index (χ2n) is 10.0. The van der Waals surface area contributed by atoms with E-state index >= 15 is 0 Å². The summed E-state index contributed by atoms with van der Waals surface area (Å²) in [5, 5.41) is 4.49. The van der Waals surface area contributed by atoms with Crippen LogP contribution in [0, 0.1) is 5.41 Å². The monoisotopic (exact) mass is 538 g/mol. The van der Waals surface area contributed by atoms with Crippen LogP contribution >= 0.6 is 11.6 Å². The van der Waals surface area contributed by atoms with Crippen molar-refractivity contribution in [2.75, 3.05) is 26.7 Å². The van der Waals surface area contributed by atoms with Gasteiger partial charge in [0.15, 0.2) is 5.82 Å². The molecule has 0 spiro atoms. The number of carbonyl (C=O) groups is 2. The molecule has 8 nitrogen and oxygen atoms in total. The van der Waals surface area contributed by atoms with Crippen LogP contribution in [0.3, 0.4) is 0 Å². The summed E-state index contributed by atoms with van der Waals surface area (Å²) < 4.78 is 11.4. The van der Waals surface area contributed by atoms with E-state index in [0.717, 1.165) is 18.4 Å². The second-order valence-corrected chi connectivity index (χ2v) is 10.5. The number of hydrogen-bond acceptors (Lipinski definition) is 6. The third-order valence-electron chi connectivity index (χ3n) is 6.95. The van der Waals surface area contributed by atoms with E-state index in [4.69, 9.17) is 20.9 Å². The molecule has 0 saturated carbocycles. The molecule has 2 amide bonds. The Kier molecular flexibility index (Phi) is 9.39. The van der Waals surface area contributed by atoms with Gasteiger partial charge in [0.25, 0.3) is 0 Å². The van der Waals surface area contributed by atoms with Gasteiger partial charge in [0.2, 0.25) is 17.7 Å². The lowest BCUT2D eigenvalue weighted by molar-refractivity contribution is -0.141. The average molecular weight is 539 g/mol. The lowest BCUT2D eigenvalue weighted by atomic mass is 9.77. The molecule has 4 rings (SSSR count). The zero-order chi connectivity index (χ0) is 27.0. The zero-order valence-corrected chi connectivity index (χ0v) is 22.8. The molecule has 1 aliphatic heterocycles. The number of nitrogens with zero attached hydrogens (tertiary/aromatic N) is 4. The first-order chi connectivity index (χ1) is 18.4. The smallest absolute Gasteiger partial charge is 0.227 e. The molecule has 2 aromatic carbocycles. The number of ether oxygens (including phenoxy) is 1. The summed E-state index contributed by atoms with van der Waals surface area (Å²) in [4.78, 5) is 34.5. The normalized spacial score (nSPS) is 17.3. The van der Waals surface area contributed by atoms with Gasteiger partial charge >= 0.3 is 0 Å². The number of aryl methyl sites for hydroxylation is 2. The summed E-state index contributed by atoms with van der Waals surface area (Å²) in [7, 11) is 1.82. The predicted octanol–water partition coefficient (Wildman–Crippen LogP) is 4.95. The maximum Gasteiger partial charge on any atom is 0.227 e. The van der Waals surface area contributed by atoms with Gasteiger partial charge in [-0.25, -0.2) is 0 Å². The molecule has 0 N–H and O–H groups in total. The highest BCUT2D eigenvalue weighted by molar-refractivity contribution is 6.30. The minimum atomic E-state index is -0.516. The van der Waals surface area contributed by atoms with Crippen LogP contribution in [0.1, 0.15) is 49.9 Å². The molecule has 1 aromatic heterocycles. The van der Waals surface area contributed by atoms with E-state index in [2.05, 4.69) is 10.1 Å². The number of benzene rings is 2. The number of rotatable bonds is 11. The van der Waals surface area contributed by atoms with Crippen LogP contribution in [-0.2, 0) is 29.0 Å². The lowest BCUT2D eigenvalue weighted by Crippen LogP contribution is -2.50. The van der Waals surface area contributed by atoms with Crippen LogP contribution < -0.4 is 4.74 Å². The standard InChI is InChI=1S/C29H35ClN4O4/c1-3-25-31-26(38-32-25)13-14-27(35)34-16-8-15-29(20-34,21-37-24-12-7-11-23(30)17-24)18-28(36)33(2)19-22-9-5-4-6-10-22/h4-7,9-12,17H,3,8,13-16,18-21H2,1-2H3/t29-/m1/s1. The Bertz CT molecular complexity index is 1220. The van der Waals surface area contributed by atoms with E-state index < -0.39 is 5.41 Å². The van der Waals surface area contributed by atoms with Crippen molar-refractivity contribution in [3.8, 4) is 5.75 Å². The van der Waals surface area contributed by atoms with Gasteiger partial charge in [-0.1, -0.05) is 60.1 Å². The summed E-state index contributed by atoms with van der Waals surface area (Å²) in [5.74, 6) is 1.80. The molecular formula is C29H35ClN4O4. The topological polar surface area (TPSA) is 88.8 Å². The molecule has 202 valence electrons. The molecule has 0 radical (unpaired) electrons. The number of hydrogen-bond donors (Lipinski definition) is 0. The van der Waals surface area contributed by atoms with E-state index in [-0.39, 0.29) is 24.7 Å². The third-order valence-corrected chi connectivity index (χ3v) is 7.18. The highest BCUT2D eigenvalue weighted by Gasteiger charge is 2.40. The van der Waals surface area contributed by atoms with Crippen LogP contribution in [0.5, 0.6) is 5.75 Å². The van der Waals surface area contributed by atoms with Crippen molar-refractivity contribution in [1.29, 1.82) is 0 Å². The number of likely N-dealkylation sites (tertiary alicyclic amines) is 1. The van der Waals surface area contributed by atoms with E-state index in [9.17, 15) is 9.59 Å². The van der Waals surface area contributed by atoms with Crippen molar-refractivity contribution in [3.05, 3.63) is 76.9 Å². The first-order valence-electron chi connectivity index (χ1n) is 13.1. The van der Waals surface area contributed by atoms with E-state index in [1.807, 2.05) is 61.3 Å². The van der Waals surface area contributed by atoms with Crippen LogP contribution in [-0.4, -0.2) is 58.5 Å². The van der Waals surface area contributed by atoms with Gasteiger partial charge in [0.05, 0.1) is 6.61 Å². The minimum absolute atomic E-state index is 0.0122. The fraction of sp³-hybridized carbons (Fsp3) is 0.448. The van der Waals surface area contributed by atoms with Gasteiger partial charge in [-0.15, -0.1) is 0 Å². The maximum atomic E-state index is 13.4. The van der Waals surface area contributed by atoms with Crippen LogP contribution in [0.25, 0.3) is 0 Å². The van der Waals surface area contributed by atoms with Crippen molar-refractivity contribution in [1.82, 2.24) is 19.9 Å². The van der Waals surface area contributed by atoms with Gasteiger partial charge in [-0.05, 0) is 36.6 Å². The molecule has 0 bridgehead atoms. The Hall–Kier alpha value is -3.39. The zero-order valence-electron chi connectivity index (χ0n) is 22.1. The van der Waals surface area contributed by atoms with Crippen LogP contribution in [0.15, 0.2) is 59.1 Å². The summed E-state index contributed by atoms with van der Waals surface area (Å²) in [6.45, 7) is 3.89. The minimum Gasteiger partial charge on any atom is -0.493 e. The maximum absolute atomic E-state index is 13.4. The van der Waals surface area contributed by atoms with E-state index in [1.54, 1.807) is 17.0 Å². The van der Waals surface area contributed by atoms with Gasteiger partial charge in [0.1, 0.15) is 5.75 Å². The number of aromatic nitrogens is 2. The van der Waals surface area contributed by atoms with E-state index in [0.29, 0.717) is 61.6 Å². The van der Waals surface area contributed by atoms with Crippen molar-refractivity contribution in [2.45, 2.75) is 52.0 Å². The number of piperidine rings is 1. The fourth-order valence-corrected chi connectivity index (χ4v) is 5.02. The van der Waals surface area contributed by atoms with Gasteiger partial charge in [-0.3, -0.25) is 9.59 Å². The molecule has 2 heterocycles. The molecule has 1 aliphatic rings. The Morgan fingerprint density at radius 3 is 2.74 bits per heavy atom. The number of amides is 2. The second kappa shape index (κ2) is 12.9. The Balaban J connectivity index is 1.45. The van der Waals surface area contributed by atoms with Crippen LogP contribution in [0.4, 0.5) is 0 Å². The molecule has 0 unspecified atom stereocenters. The SMILES string of the molecule is CCc1noc(CCC(=O)N2CCC[C@@](COc3cccc(Cl)c3)(CC(=O)N(C)Cc3ccccc3)C2)n1. The van der Waals surface area contributed by atoms with Crippen molar-refractivity contribution in [2.24, 2.45) is 5.41 Å². The molecule has 9 heteroatoms. The van der Waals surface area contributed by atoms with E-state index in [1.165, 1.54) is 0 Å². The van der Waals surface area contributed by atoms with Crippen molar-refractivity contribution >= 4 is 23.4 Å². The molecule has 1 atom stereocenters. The first kappa shape index (κ1) is 27.6. The van der Waals surface area contributed by atoms with Gasteiger partial charge in [0, 0.05) is 62.8 Å². The lowest BCUT2D eigenvalue weighted by Gasteiger charge is -2.43. The van der Waals surface area contributed by atoms with Gasteiger partial charge < -0.3 is 19.1 Å².